The summed E-state index contributed by atoms with van der Waals surface area (Å²) in [6.07, 6.45) is 0. The van der Waals surface area contributed by atoms with Crippen LogP contribution in [0.15, 0.2) is 36.4 Å². The summed E-state index contributed by atoms with van der Waals surface area (Å²) in [4.78, 5) is 12.2. The number of aryl methyl sites for hydroxylation is 4. The highest BCUT2D eigenvalue weighted by atomic mass is 16.1. The fraction of sp³-hybridized carbons (Fsp3) is 0.235. The van der Waals surface area contributed by atoms with Crippen molar-refractivity contribution in [3.05, 3.63) is 64.2 Å². The maximum absolute atomic E-state index is 12.2. The molecule has 2 aromatic carbocycles. The van der Waals surface area contributed by atoms with Crippen LogP contribution in [0.3, 0.4) is 0 Å². The van der Waals surface area contributed by atoms with Crippen molar-refractivity contribution in [3.8, 4) is 0 Å². The zero-order valence-corrected chi connectivity index (χ0v) is 11.9. The average Bonchev–Trinajstić information content (AvgIpc) is 2.32. The van der Waals surface area contributed by atoms with Gasteiger partial charge in [0.15, 0.2) is 0 Å². The van der Waals surface area contributed by atoms with E-state index in [2.05, 4.69) is 18.3 Å². The van der Waals surface area contributed by atoms with E-state index in [1.54, 1.807) is 0 Å². The molecule has 1 N–H and O–H groups in total. The summed E-state index contributed by atoms with van der Waals surface area (Å²) in [5, 5.41) is 2.94. The third kappa shape index (κ3) is 3.22. The molecule has 0 heterocycles. The van der Waals surface area contributed by atoms with Gasteiger partial charge >= 0.3 is 0 Å². The smallest absolute Gasteiger partial charge is 0.255 e. The second-order valence-corrected chi connectivity index (χ2v) is 5.13. The molecule has 0 aromatic heterocycles. The molecule has 0 aliphatic rings. The van der Waals surface area contributed by atoms with Crippen molar-refractivity contribution in [2.45, 2.75) is 27.7 Å². The Morgan fingerprint density at radius 3 is 2.05 bits per heavy atom. The van der Waals surface area contributed by atoms with E-state index in [0.29, 0.717) is 5.56 Å². The number of benzene rings is 2. The standard InChI is InChI=1S/C17H19NO/c1-11-7-12(2)9-15(8-11)17(19)18-16-6-5-13(3)14(4)10-16/h5-10H,1-4H3,(H,18,19). The number of anilines is 1. The van der Waals surface area contributed by atoms with E-state index in [-0.39, 0.29) is 5.91 Å². The molecule has 19 heavy (non-hydrogen) atoms. The Hall–Kier alpha value is -2.09. The zero-order valence-electron chi connectivity index (χ0n) is 11.9. The predicted octanol–water partition coefficient (Wildman–Crippen LogP) is 4.17. The van der Waals surface area contributed by atoms with Crippen LogP contribution in [-0.2, 0) is 0 Å². The van der Waals surface area contributed by atoms with Crippen molar-refractivity contribution in [2.24, 2.45) is 0 Å². The third-order valence-corrected chi connectivity index (χ3v) is 3.25. The van der Waals surface area contributed by atoms with Gasteiger partial charge in [0.05, 0.1) is 0 Å². The first-order valence-corrected chi connectivity index (χ1v) is 6.42. The van der Waals surface area contributed by atoms with Gasteiger partial charge in [-0.15, -0.1) is 0 Å². The van der Waals surface area contributed by atoms with E-state index < -0.39 is 0 Å². The Kier molecular flexibility index (Phi) is 3.70. The van der Waals surface area contributed by atoms with Crippen molar-refractivity contribution in [3.63, 3.8) is 0 Å². The SMILES string of the molecule is Cc1cc(C)cc(C(=O)Nc2ccc(C)c(C)c2)c1. The van der Waals surface area contributed by atoms with Crippen LogP contribution < -0.4 is 5.32 Å². The lowest BCUT2D eigenvalue weighted by Crippen LogP contribution is -2.12. The molecule has 98 valence electrons. The molecule has 0 aliphatic carbocycles. The molecule has 2 heteroatoms. The van der Waals surface area contributed by atoms with Gasteiger partial charge in [0.1, 0.15) is 0 Å². The normalized spacial score (nSPS) is 10.3. The second-order valence-electron chi connectivity index (χ2n) is 5.13. The number of nitrogens with one attached hydrogen (secondary N) is 1. The fourth-order valence-corrected chi connectivity index (χ4v) is 2.13. The summed E-state index contributed by atoms with van der Waals surface area (Å²) in [5.74, 6) is -0.0601. The zero-order chi connectivity index (χ0) is 14.0. The van der Waals surface area contributed by atoms with E-state index in [0.717, 1.165) is 16.8 Å². The van der Waals surface area contributed by atoms with Crippen molar-refractivity contribution >= 4 is 11.6 Å². The number of amides is 1. The first kappa shape index (κ1) is 13.3. The molecule has 0 saturated carbocycles. The van der Waals surface area contributed by atoms with Gasteiger partial charge in [0, 0.05) is 11.3 Å². The lowest BCUT2D eigenvalue weighted by atomic mass is 10.1. The summed E-state index contributed by atoms with van der Waals surface area (Å²) < 4.78 is 0. The Bertz CT molecular complexity index is 609. The molecule has 0 spiro atoms. The van der Waals surface area contributed by atoms with E-state index in [1.165, 1.54) is 11.1 Å². The summed E-state index contributed by atoms with van der Waals surface area (Å²) in [6, 6.07) is 11.8. The monoisotopic (exact) mass is 253 g/mol. The molecule has 2 nitrogen and oxygen atoms in total. The van der Waals surface area contributed by atoms with Gasteiger partial charge in [-0.3, -0.25) is 4.79 Å². The number of carbonyl (C=O) groups is 1. The molecule has 0 radical (unpaired) electrons. The Balaban J connectivity index is 2.22. The molecule has 0 fully saturated rings. The van der Waals surface area contributed by atoms with Crippen LogP contribution in [0.2, 0.25) is 0 Å². The quantitative estimate of drug-likeness (QED) is 0.855. The number of hydrogen-bond acceptors (Lipinski definition) is 1. The molecular weight excluding hydrogens is 234 g/mol. The van der Waals surface area contributed by atoms with Crippen molar-refractivity contribution in [2.75, 3.05) is 5.32 Å². The third-order valence-electron chi connectivity index (χ3n) is 3.25. The average molecular weight is 253 g/mol. The largest absolute Gasteiger partial charge is 0.322 e. The van der Waals surface area contributed by atoms with Crippen LogP contribution in [0.4, 0.5) is 5.69 Å². The number of hydrogen-bond donors (Lipinski definition) is 1. The second kappa shape index (κ2) is 5.27. The lowest BCUT2D eigenvalue weighted by molar-refractivity contribution is 0.102. The van der Waals surface area contributed by atoms with Crippen molar-refractivity contribution in [1.29, 1.82) is 0 Å². The minimum absolute atomic E-state index is 0.0601. The van der Waals surface area contributed by atoms with Crippen LogP contribution in [0, 0.1) is 27.7 Å². The van der Waals surface area contributed by atoms with E-state index in [9.17, 15) is 4.79 Å². The fourth-order valence-electron chi connectivity index (χ4n) is 2.13. The van der Waals surface area contributed by atoms with Gasteiger partial charge in [-0.1, -0.05) is 23.3 Å². The van der Waals surface area contributed by atoms with Gasteiger partial charge in [-0.05, 0) is 63.1 Å². The highest BCUT2D eigenvalue weighted by Gasteiger charge is 2.07. The van der Waals surface area contributed by atoms with Crippen LogP contribution >= 0.6 is 0 Å². The van der Waals surface area contributed by atoms with Gasteiger partial charge in [-0.2, -0.15) is 0 Å². The molecule has 2 aromatic rings. The maximum atomic E-state index is 12.2. The van der Waals surface area contributed by atoms with E-state index >= 15 is 0 Å². The van der Waals surface area contributed by atoms with Gasteiger partial charge in [0.25, 0.3) is 5.91 Å². The Morgan fingerprint density at radius 1 is 0.842 bits per heavy atom. The number of rotatable bonds is 2. The highest BCUT2D eigenvalue weighted by molar-refractivity contribution is 6.04. The highest BCUT2D eigenvalue weighted by Crippen LogP contribution is 2.16. The molecule has 0 saturated heterocycles. The predicted molar refractivity (Wildman–Crippen MR) is 79.8 cm³/mol. The molecule has 0 aliphatic heterocycles. The Morgan fingerprint density at radius 2 is 1.47 bits per heavy atom. The van der Waals surface area contributed by atoms with E-state index in [4.69, 9.17) is 0 Å². The van der Waals surface area contributed by atoms with Crippen molar-refractivity contribution < 1.29 is 4.79 Å². The van der Waals surface area contributed by atoms with Gasteiger partial charge in [-0.25, -0.2) is 0 Å². The molecule has 2 rings (SSSR count). The molecule has 0 bridgehead atoms. The lowest BCUT2D eigenvalue weighted by Gasteiger charge is -2.09. The first-order chi connectivity index (χ1) is 8.95. The molecular formula is C17H19NO. The van der Waals surface area contributed by atoms with Crippen LogP contribution in [0.25, 0.3) is 0 Å². The summed E-state index contributed by atoms with van der Waals surface area (Å²) in [5.41, 5.74) is 6.15. The van der Waals surface area contributed by atoms with Crippen LogP contribution in [0.1, 0.15) is 32.6 Å². The topological polar surface area (TPSA) is 29.1 Å². The molecule has 0 atom stereocenters. The van der Waals surface area contributed by atoms with Gasteiger partial charge < -0.3 is 5.32 Å². The summed E-state index contributed by atoms with van der Waals surface area (Å²) in [7, 11) is 0. The summed E-state index contributed by atoms with van der Waals surface area (Å²) >= 11 is 0. The first-order valence-electron chi connectivity index (χ1n) is 6.42. The van der Waals surface area contributed by atoms with Crippen molar-refractivity contribution in [1.82, 2.24) is 0 Å². The van der Waals surface area contributed by atoms with Gasteiger partial charge in [0.2, 0.25) is 0 Å². The van der Waals surface area contributed by atoms with E-state index in [1.807, 2.05) is 51.1 Å². The minimum Gasteiger partial charge on any atom is -0.322 e. The molecule has 1 amide bonds. The summed E-state index contributed by atoms with van der Waals surface area (Å²) in [6.45, 7) is 8.10. The number of carbonyl (C=O) groups excluding carboxylic acids is 1. The Labute approximate surface area is 114 Å². The van der Waals surface area contributed by atoms with Crippen LogP contribution in [0.5, 0.6) is 0 Å². The maximum Gasteiger partial charge on any atom is 0.255 e. The molecule has 0 unspecified atom stereocenters. The minimum atomic E-state index is -0.0601. The van der Waals surface area contributed by atoms with Crippen LogP contribution in [-0.4, -0.2) is 5.91 Å².